The van der Waals surface area contributed by atoms with Crippen LogP contribution < -0.4 is 0 Å². The van der Waals surface area contributed by atoms with E-state index in [0.717, 1.165) is 23.0 Å². The molecule has 1 heterocycles. The fourth-order valence-electron chi connectivity index (χ4n) is 4.93. The zero-order valence-electron chi connectivity index (χ0n) is 19.4. The van der Waals surface area contributed by atoms with Gasteiger partial charge in [-0.05, 0) is 54.0 Å². The van der Waals surface area contributed by atoms with Crippen LogP contribution in [0.4, 0.5) is 0 Å². The van der Waals surface area contributed by atoms with Crippen LogP contribution in [-0.2, 0) is 26.7 Å². The number of fused-ring (bicyclic) bond motifs is 1. The number of carbonyl (C=O) groups is 1. The first kappa shape index (κ1) is 23.5. The van der Waals surface area contributed by atoms with Gasteiger partial charge in [-0.1, -0.05) is 68.8 Å². The van der Waals surface area contributed by atoms with E-state index < -0.39 is 15.4 Å². The smallest absolute Gasteiger partial charge is 0.243 e. The molecule has 4 rings (SSSR count). The number of rotatable bonds is 4. The molecule has 2 aromatic carbocycles. The van der Waals surface area contributed by atoms with E-state index in [2.05, 4.69) is 20.8 Å². The van der Waals surface area contributed by atoms with E-state index in [1.54, 1.807) is 22.5 Å². The summed E-state index contributed by atoms with van der Waals surface area (Å²) in [5.41, 5.74) is 2.81. The highest BCUT2D eigenvalue weighted by Gasteiger charge is 2.46. The van der Waals surface area contributed by atoms with E-state index in [1.165, 1.54) is 0 Å². The average Bonchev–Trinajstić information content (AvgIpc) is 2.78. The zero-order valence-corrected chi connectivity index (χ0v) is 20.2. The Morgan fingerprint density at radius 1 is 1.06 bits per heavy atom. The van der Waals surface area contributed by atoms with E-state index in [-0.39, 0.29) is 22.6 Å². The minimum atomic E-state index is -3.70. The molecule has 0 amide bonds. The van der Waals surface area contributed by atoms with Crippen molar-refractivity contribution in [1.29, 1.82) is 0 Å². The lowest BCUT2D eigenvalue weighted by molar-refractivity contribution is -0.112. The van der Waals surface area contributed by atoms with Gasteiger partial charge >= 0.3 is 0 Å². The van der Waals surface area contributed by atoms with E-state index in [9.17, 15) is 18.3 Å². The predicted molar refractivity (Wildman–Crippen MR) is 130 cm³/mol. The van der Waals surface area contributed by atoms with Crippen LogP contribution in [-0.4, -0.2) is 36.7 Å². The Morgan fingerprint density at radius 2 is 1.73 bits per heavy atom. The Balaban J connectivity index is 1.71. The van der Waals surface area contributed by atoms with Crippen LogP contribution in [0.25, 0.3) is 0 Å². The van der Waals surface area contributed by atoms with Gasteiger partial charge in [0, 0.05) is 24.1 Å². The molecule has 1 fully saturated rings. The highest BCUT2D eigenvalue weighted by atomic mass is 32.2. The second-order valence-electron chi connectivity index (χ2n) is 10.2. The van der Waals surface area contributed by atoms with Crippen LogP contribution in [0.2, 0.25) is 0 Å². The number of aliphatic hydroxyl groups is 1. The van der Waals surface area contributed by atoms with Gasteiger partial charge in [0.15, 0.2) is 5.78 Å². The number of aliphatic hydroxyl groups excluding tert-OH is 1. The van der Waals surface area contributed by atoms with Crippen molar-refractivity contribution in [2.24, 2.45) is 5.41 Å². The van der Waals surface area contributed by atoms with Crippen LogP contribution >= 0.6 is 0 Å². The summed E-state index contributed by atoms with van der Waals surface area (Å²) in [6.07, 6.45) is 3.89. The summed E-state index contributed by atoms with van der Waals surface area (Å²) < 4.78 is 28.8. The predicted octanol–water partition coefficient (Wildman–Crippen LogP) is 4.95. The molecule has 5 nitrogen and oxygen atoms in total. The summed E-state index contributed by atoms with van der Waals surface area (Å²) in [6.45, 7) is 6.88. The molecule has 0 unspecified atom stereocenters. The number of ketones is 1. The number of allylic oxidation sites excluding steroid dienone is 2. The van der Waals surface area contributed by atoms with Crippen LogP contribution in [0.3, 0.4) is 0 Å². The molecule has 1 atom stereocenters. The van der Waals surface area contributed by atoms with Gasteiger partial charge in [-0.25, -0.2) is 8.42 Å². The Morgan fingerprint density at radius 3 is 2.33 bits per heavy atom. The number of benzene rings is 2. The Kier molecular flexibility index (Phi) is 6.10. The number of hydrogen-bond acceptors (Lipinski definition) is 4. The molecule has 1 aliphatic carbocycles. The number of sulfonamides is 1. The summed E-state index contributed by atoms with van der Waals surface area (Å²) >= 11 is 0. The molecule has 1 N–H and O–H groups in total. The van der Waals surface area contributed by atoms with Crippen molar-refractivity contribution >= 4 is 15.8 Å². The number of piperidine rings is 1. The lowest BCUT2D eigenvalue weighted by atomic mass is 9.65. The summed E-state index contributed by atoms with van der Waals surface area (Å²) in [5, 5.41) is 9.68. The minimum Gasteiger partial charge on any atom is -0.515 e. The van der Waals surface area contributed by atoms with E-state index in [1.807, 2.05) is 42.5 Å². The summed E-state index contributed by atoms with van der Waals surface area (Å²) in [6, 6.07) is 17.0. The zero-order chi connectivity index (χ0) is 23.9. The van der Waals surface area contributed by atoms with Crippen molar-refractivity contribution < 1.29 is 18.3 Å². The van der Waals surface area contributed by atoms with Crippen molar-refractivity contribution in [3.8, 4) is 0 Å². The largest absolute Gasteiger partial charge is 0.515 e. The van der Waals surface area contributed by atoms with Crippen molar-refractivity contribution in [3.05, 3.63) is 89.2 Å². The Bertz CT molecular complexity index is 1210. The van der Waals surface area contributed by atoms with Crippen LogP contribution in [0.15, 0.2) is 83.0 Å². The maximum Gasteiger partial charge on any atom is 0.243 e. The molecule has 1 aliphatic heterocycles. The topological polar surface area (TPSA) is 74.7 Å². The Labute approximate surface area is 196 Å². The minimum absolute atomic E-state index is 0.0610. The second kappa shape index (κ2) is 8.58. The highest BCUT2D eigenvalue weighted by molar-refractivity contribution is 7.89. The third kappa shape index (κ3) is 4.55. The van der Waals surface area contributed by atoms with Crippen molar-refractivity contribution in [3.63, 3.8) is 0 Å². The highest BCUT2D eigenvalue weighted by Crippen LogP contribution is 2.47. The number of hydrogen-bond donors (Lipinski definition) is 1. The number of carbonyl (C=O) groups excluding carboxylic acids is 1. The first-order chi connectivity index (χ1) is 15.5. The first-order valence-electron chi connectivity index (χ1n) is 11.3. The second-order valence-corrected chi connectivity index (χ2v) is 12.1. The number of nitrogens with zero attached hydrogens (tertiary/aromatic N) is 1. The van der Waals surface area contributed by atoms with Gasteiger partial charge in [0.25, 0.3) is 0 Å². The molecule has 0 spiro atoms. The van der Waals surface area contributed by atoms with Gasteiger partial charge in [0.05, 0.1) is 11.2 Å². The van der Waals surface area contributed by atoms with Gasteiger partial charge in [0.1, 0.15) is 0 Å². The average molecular weight is 466 g/mol. The summed E-state index contributed by atoms with van der Waals surface area (Å²) in [5.74, 6) is -0.190. The maximum absolute atomic E-state index is 13.6. The molecular formula is C27H31NO4S. The SMILES string of the molecule is CC(C)(C)c1ccc(S(=O)(=O)N2CCC3=CC(=O)/C(=C\O)C[C@]3(Cc3ccccc3)C2)cc1. The molecule has 6 heteroatoms. The van der Waals surface area contributed by atoms with Gasteiger partial charge < -0.3 is 5.11 Å². The lowest BCUT2D eigenvalue weighted by Gasteiger charge is -2.46. The third-order valence-electron chi connectivity index (χ3n) is 6.84. The van der Waals surface area contributed by atoms with Crippen LogP contribution in [0.5, 0.6) is 0 Å². The van der Waals surface area contributed by atoms with Gasteiger partial charge in [-0.15, -0.1) is 0 Å². The monoisotopic (exact) mass is 465 g/mol. The molecule has 0 saturated carbocycles. The standard InChI is InChI=1S/C27H31NO4S/c1-26(2,3)22-9-11-24(12-10-22)33(31,32)28-14-13-23-15-25(30)21(18-29)17-27(23,19-28)16-20-7-5-4-6-8-20/h4-12,15,18,29H,13-14,16-17,19H2,1-3H3/b21-18-/t27-/m1/s1. The van der Waals surface area contributed by atoms with Crippen LogP contribution in [0, 0.1) is 5.41 Å². The van der Waals surface area contributed by atoms with E-state index in [4.69, 9.17) is 0 Å². The first-order valence-corrected chi connectivity index (χ1v) is 12.7. The van der Waals surface area contributed by atoms with Gasteiger partial charge in [0.2, 0.25) is 10.0 Å². The van der Waals surface area contributed by atoms with Crippen LogP contribution in [0.1, 0.15) is 44.7 Å². The van der Waals surface area contributed by atoms with Crippen molar-refractivity contribution in [2.45, 2.75) is 50.3 Å². The molecule has 2 aromatic rings. The van der Waals surface area contributed by atoms with E-state index >= 15 is 0 Å². The fraction of sp³-hybridized carbons (Fsp3) is 0.370. The Hall–Kier alpha value is -2.70. The molecule has 0 bridgehead atoms. The molecule has 0 radical (unpaired) electrons. The van der Waals surface area contributed by atoms with Crippen molar-refractivity contribution in [2.75, 3.05) is 13.1 Å². The van der Waals surface area contributed by atoms with Gasteiger partial charge in [-0.3, -0.25) is 4.79 Å². The van der Waals surface area contributed by atoms with Gasteiger partial charge in [-0.2, -0.15) is 4.31 Å². The maximum atomic E-state index is 13.6. The lowest BCUT2D eigenvalue weighted by Crippen LogP contribution is -2.50. The molecule has 33 heavy (non-hydrogen) atoms. The quantitative estimate of drug-likeness (QED) is 0.512. The molecule has 2 aliphatic rings. The fourth-order valence-corrected chi connectivity index (χ4v) is 6.46. The molecule has 174 valence electrons. The molecule has 1 saturated heterocycles. The normalized spacial score (nSPS) is 23.3. The third-order valence-corrected chi connectivity index (χ3v) is 8.70. The summed E-state index contributed by atoms with van der Waals surface area (Å²) in [7, 11) is -3.70. The van der Waals surface area contributed by atoms with E-state index in [0.29, 0.717) is 31.4 Å². The molecular weight excluding hydrogens is 434 g/mol. The van der Waals surface area contributed by atoms with Crippen molar-refractivity contribution in [1.82, 2.24) is 4.31 Å². The molecule has 0 aromatic heterocycles. The summed E-state index contributed by atoms with van der Waals surface area (Å²) in [4.78, 5) is 12.7.